The van der Waals surface area contributed by atoms with E-state index in [0.29, 0.717) is 12.0 Å². The molecule has 130 valence electrons. The van der Waals surface area contributed by atoms with Crippen molar-refractivity contribution in [2.45, 2.75) is 37.5 Å². The van der Waals surface area contributed by atoms with Gasteiger partial charge >= 0.3 is 6.18 Å². The highest BCUT2D eigenvalue weighted by Gasteiger charge is 2.31. The molecule has 2 rings (SSSR count). The molecule has 1 aliphatic rings. The molecule has 0 saturated carbocycles. The molecular formula is C15H16F3N3O3. The van der Waals surface area contributed by atoms with Crippen LogP contribution in [0, 0.1) is 0 Å². The maximum absolute atomic E-state index is 12.5. The molecule has 1 aliphatic heterocycles. The van der Waals surface area contributed by atoms with Crippen molar-refractivity contribution in [1.82, 2.24) is 10.6 Å². The Morgan fingerprint density at radius 1 is 1.29 bits per heavy atom. The number of carbonyl (C=O) groups is 3. The molecule has 0 aliphatic carbocycles. The highest BCUT2D eigenvalue weighted by molar-refractivity contribution is 5.93. The number of hydrogen-bond acceptors (Lipinski definition) is 3. The standard InChI is InChI=1S/C15H16F3N3O3/c16-15(17,18)9-3-1-8(2-4-9)7-11(13(19)23)21-14(24)10-5-6-12(22)20-10/h1-4,10-11H,5-7H2,(H2,19,23)(H,20,22)(H,21,24)/t10-,11-/m1/s1. The minimum atomic E-state index is -4.45. The first-order chi connectivity index (χ1) is 11.2. The summed E-state index contributed by atoms with van der Waals surface area (Å²) in [5, 5.41) is 4.88. The molecule has 24 heavy (non-hydrogen) atoms. The van der Waals surface area contributed by atoms with E-state index in [2.05, 4.69) is 10.6 Å². The number of primary amides is 1. The van der Waals surface area contributed by atoms with Gasteiger partial charge in [-0.2, -0.15) is 13.2 Å². The van der Waals surface area contributed by atoms with E-state index in [-0.39, 0.29) is 18.7 Å². The van der Waals surface area contributed by atoms with E-state index in [4.69, 9.17) is 5.73 Å². The Bertz CT molecular complexity index is 644. The number of hydrogen-bond donors (Lipinski definition) is 3. The molecule has 4 N–H and O–H groups in total. The number of nitrogens with one attached hydrogen (secondary N) is 2. The molecule has 0 aromatic heterocycles. The minimum absolute atomic E-state index is 0.0418. The van der Waals surface area contributed by atoms with Gasteiger partial charge in [0.15, 0.2) is 0 Å². The molecular weight excluding hydrogens is 327 g/mol. The average molecular weight is 343 g/mol. The normalized spacial score (nSPS) is 18.8. The Hall–Kier alpha value is -2.58. The van der Waals surface area contributed by atoms with Gasteiger partial charge < -0.3 is 16.4 Å². The number of alkyl halides is 3. The predicted molar refractivity (Wildman–Crippen MR) is 77.4 cm³/mol. The van der Waals surface area contributed by atoms with E-state index in [1.165, 1.54) is 12.1 Å². The second kappa shape index (κ2) is 6.90. The second-order valence-corrected chi connectivity index (χ2v) is 5.52. The molecule has 6 nitrogen and oxygen atoms in total. The fourth-order valence-electron chi connectivity index (χ4n) is 2.37. The number of carbonyl (C=O) groups excluding carboxylic acids is 3. The third-order valence-corrected chi connectivity index (χ3v) is 3.69. The smallest absolute Gasteiger partial charge is 0.368 e. The van der Waals surface area contributed by atoms with Crippen molar-refractivity contribution in [3.8, 4) is 0 Å². The molecule has 3 amide bonds. The molecule has 0 spiro atoms. The molecule has 0 unspecified atom stereocenters. The molecule has 1 aromatic carbocycles. The number of halogens is 3. The third kappa shape index (κ3) is 4.46. The van der Waals surface area contributed by atoms with Crippen molar-refractivity contribution in [1.29, 1.82) is 0 Å². The number of benzene rings is 1. The van der Waals surface area contributed by atoms with E-state index in [1.54, 1.807) is 0 Å². The summed E-state index contributed by atoms with van der Waals surface area (Å²) < 4.78 is 37.6. The van der Waals surface area contributed by atoms with E-state index >= 15 is 0 Å². The van der Waals surface area contributed by atoms with Crippen molar-refractivity contribution in [3.63, 3.8) is 0 Å². The Labute approximate surface area is 135 Å². The summed E-state index contributed by atoms with van der Waals surface area (Å²) in [7, 11) is 0. The SMILES string of the molecule is NC(=O)[C@@H](Cc1ccc(C(F)(F)F)cc1)NC(=O)[C@H]1CCC(=O)N1. The van der Waals surface area contributed by atoms with E-state index < -0.39 is 35.6 Å². The maximum atomic E-state index is 12.5. The first kappa shape index (κ1) is 17.8. The van der Waals surface area contributed by atoms with Crippen LogP contribution in [-0.4, -0.2) is 29.8 Å². The Kier molecular flexibility index (Phi) is 5.10. The Morgan fingerprint density at radius 2 is 1.92 bits per heavy atom. The fraction of sp³-hybridized carbons (Fsp3) is 0.400. The van der Waals surface area contributed by atoms with Crippen LogP contribution in [0.1, 0.15) is 24.0 Å². The third-order valence-electron chi connectivity index (χ3n) is 3.69. The fourth-order valence-corrected chi connectivity index (χ4v) is 2.37. The molecule has 9 heteroatoms. The summed E-state index contributed by atoms with van der Waals surface area (Å²) in [6, 6.07) is 2.43. The van der Waals surface area contributed by atoms with Crippen molar-refractivity contribution < 1.29 is 27.6 Å². The topological polar surface area (TPSA) is 101 Å². The minimum Gasteiger partial charge on any atom is -0.368 e. The highest BCUT2D eigenvalue weighted by atomic mass is 19.4. The quantitative estimate of drug-likeness (QED) is 0.725. The van der Waals surface area contributed by atoms with Gasteiger partial charge in [0, 0.05) is 12.8 Å². The Balaban J connectivity index is 2.02. The zero-order valence-corrected chi connectivity index (χ0v) is 12.5. The van der Waals surface area contributed by atoms with E-state index in [0.717, 1.165) is 12.1 Å². The summed E-state index contributed by atoms with van der Waals surface area (Å²) in [6.07, 6.45) is -3.95. The molecule has 1 saturated heterocycles. The van der Waals surface area contributed by atoms with Gasteiger partial charge in [-0.25, -0.2) is 0 Å². The molecule has 1 fully saturated rings. The van der Waals surface area contributed by atoms with Crippen LogP contribution in [0.3, 0.4) is 0 Å². The van der Waals surface area contributed by atoms with Gasteiger partial charge in [0.2, 0.25) is 17.7 Å². The van der Waals surface area contributed by atoms with Crippen LogP contribution in [0.2, 0.25) is 0 Å². The lowest BCUT2D eigenvalue weighted by atomic mass is 10.0. The van der Waals surface area contributed by atoms with Crippen molar-refractivity contribution in [3.05, 3.63) is 35.4 Å². The predicted octanol–water partition coefficient (Wildman–Crippen LogP) is 0.497. The van der Waals surface area contributed by atoms with E-state index in [9.17, 15) is 27.6 Å². The summed E-state index contributed by atoms with van der Waals surface area (Å²) in [4.78, 5) is 34.6. The van der Waals surface area contributed by atoms with Gasteiger partial charge in [-0.3, -0.25) is 14.4 Å². The summed E-state index contributed by atoms with van der Waals surface area (Å²) >= 11 is 0. The van der Waals surface area contributed by atoms with Crippen LogP contribution >= 0.6 is 0 Å². The van der Waals surface area contributed by atoms with Crippen LogP contribution in [0.25, 0.3) is 0 Å². The molecule has 0 bridgehead atoms. The van der Waals surface area contributed by atoms with Crippen molar-refractivity contribution >= 4 is 17.7 Å². The van der Waals surface area contributed by atoms with Crippen molar-refractivity contribution in [2.24, 2.45) is 5.73 Å². The zero-order chi connectivity index (χ0) is 17.9. The lowest BCUT2D eigenvalue weighted by Gasteiger charge is -2.18. The summed E-state index contributed by atoms with van der Waals surface area (Å²) in [5.41, 5.74) is 4.85. The molecule has 0 radical (unpaired) electrons. The summed E-state index contributed by atoms with van der Waals surface area (Å²) in [6.45, 7) is 0. The molecule has 1 heterocycles. The Morgan fingerprint density at radius 3 is 2.38 bits per heavy atom. The first-order valence-corrected chi connectivity index (χ1v) is 7.22. The van der Waals surface area contributed by atoms with Crippen LogP contribution in [0.4, 0.5) is 13.2 Å². The van der Waals surface area contributed by atoms with Gasteiger partial charge in [-0.05, 0) is 24.1 Å². The number of amides is 3. The molecule has 2 atom stereocenters. The number of nitrogens with two attached hydrogens (primary N) is 1. The first-order valence-electron chi connectivity index (χ1n) is 7.22. The monoisotopic (exact) mass is 343 g/mol. The largest absolute Gasteiger partial charge is 0.416 e. The van der Waals surface area contributed by atoms with E-state index in [1.807, 2.05) is 0 Å². The van der Waals surface area contributed by atoms with Gasteiger partial charge in [0.1, 0.15) is 12.1 Å². The van der Waals surface area contributed by atoms with Crippen LogP contribution < -0.4 is 16.4 Å². The van der Waals surface area contributed by atoms with Gasteiger partial charge in [0.05, 0.1) is 5.56 Å². The van der Waals surface area contributed by atoms with Crippen LogP contribution in [0.15, 0.2) is 24.3 Å². The lowest BCUT2D eigenvalue weighted by Crippen LogP contribution is -2.51. The average Bonchev–Trinajstić information content (AvgIpc) is 2.92. The zero-order valence-electron chi connectivity index (χ0n) is 12.5. The van der Waals surface area contributed by atoms with Gasteiger partial charge in [-0.1, -0.05) is 12.1 Å². The van der Waals surface area contributed by atoms with Crippen LogP contribution in [0.5, 0.6) is 0 Å². The highest BCUT2D eigenvalue weighted by Crippen LogP contribution is 2.29. The van der Waals surface area contributed by atoms with Gasteiger partial charge in [0.25, 0.3) is 0 Å². The lowest BCUT2D eigenvalue weighted by molar-refractivity contribution is -0.137. The van der Waals surface area contributed by atoms with Crippen LogP contribution in [-0.2, 0) is 27.0 Å². The molecule has 1 aromatic rings. The maximum Gasteiger partial charge on any atom is 0.416 e. The second-order valence-electron chi connectivity index (χ2n) is 5.52. The number of rotatable bonds is 5. The van der Waals surface area contributed by atoms with Crippen molar-refractivity contribution in [2.75, 3.05) is 0 Å². The van der Waals surface area contributed by atoms with Gasteiger partial charge in [-0.15, -0.1) is 0 Å². The summed E-state index contributed by atoms with van der Waals surface area (Å²) in [5.74, 6) is -1.61.